The van der Waals surface area contributed by atoms with Crippen LogP contribution in [0.4, 0.5) is 11.5 Å². The number of nitrogens with zero attached hydrogens (tertiary/aromatic N) is 4. The fraction of sp³-hybridized carbons (Fsp3) is 0.714. The van der Waals surface area contributed by atoms with Gasteiger partial charge in [-0.1, -0.05) is 6.92 Å². The third-order valence-electron chi connectivity index (χ3n) is 3.39. The number of ether oxygens (including phenoxy) is 1. The van der Waals surface area contributed by atoms with Crippen molar-refractivity contribution in [2.24, 2.45) is 0 Å². The molecule has 1 aliphatic heterocycles. The highest BCUT2D eigenvalue weighted by atomic mass is 16.5. The summed E-state index contributed by atoms with van der Waals surface area (Å²) in [6.45, 7) is 11.3. The van der Waals surface area contributed by atoms with E-state index < -0.39 is 0 Å². The molecule has 1 aromatic heterocycles. The molecule has 0 bridgehead atoms. The zero-order chi connectivity index (χ0) is 14.5. The second-order valence-corrected chi connectivity index (χ2v) is 5.41. The van der Waals surface area contributed by atoms with E-state index in [9.17, 15) is 0 Å². The Morgan fingerprint density at radius 1 is 1.25 bits per heavy atom. The lowest BCUT2D eigenvalue weighted by Crippen LogP contribution is -2.47. The predicted octanol–water partition coefficient (Wildman–Crippen LogP) is 1.38. The van der Waals surface area contributed by atoms with E-state index in [0.717, 1.165) is 38.5 Å². The molecule has 1 aromatic rings. The zero-order valence-electron chi connectivity index (χ0n) is 12.7. The van der Waals surface area contributed by atoms with Crippen LogP contribution in [0.2, 0.25) is 0 Å². The smallest absolute Gasteiger partial charge is 0.242 e. The first-order valence-electron chi connectivity index (χ1n) is 7.36. The lowest BCUT2D eigenvalue weighted by atomic mass is 10.3. The van der Waals surface area contributed by atoms with Crippen molar-refractivity contribution in [2.45, 2.75) is 33.3 Å². The summed E-state index contributed by atoms with van der Waals surface area (Å²) in [6, 6.07) is 0. The SMILES string of the molecule is CCCN1CCN(c2ncnc(OC(C)C)c2N)CC1. The van der Waals surface area contributed by atoms with Gasteiger partial charge >= 0.3 is 0 Å². The van der Waals surface area contributed by atoms with Crippen molar-refractivity contribution in [3.8, 4) is 5.88 Å². The van der Waals surface area contributed by atoms with Gasteiger partial charge in [0.1, 0.15) is 12.0 Å². The van der Waals surface area contributed by atoms with Gasteiger partial charge in [-0.3, -0.25) is 4.90 Å². The maximum atomic E-state index is 6.15. The van der Waals surface area contributed by atoms with Crippen LogP contribution in [0, 0.1) is 0 Å². The van der Waals surface area contributed by atoms with Crippen LogP contribution in [0.3, 0.4) is 0 Å². The van der Waals surface area contributed by atoms with E-state index in [4.69, 9.17) is 10.5 Å². The Morgan fingerprint density at radius 2 is 1.95 bits per heavy atom. The molecule has 6 nitrogen and oxygen atoms in total. The summed E-state index contributed by atoms with van der Waals surface area (Å²) in [5.74, 6) is 1.28. The summed E-state index contributed by atoms with van der Waals surface area (Å²) < 4.78 is 5.62. The number of hydrogen-bond donors (Lipinski definition) is 1. The summed E-state index contributed by atoms with van der Waals surface area (Å²) >= 11 is 0. The van der Waals surface area contributed by atoms with Crippen LogP contribution in [-0.2, 0) is 0 Å². The molecule has 0 radical (unpaired) electrons. The zero-order valence-corrected chi connectivity index (χ0v) is 12.7. The Bertz CT molecular complexity index is 430. The molecule has 112 valence electrons. The second-order valence-electron chi connectivity index (χ2n) is 5.41. The number of hydrogen-bond acceptors (Lipinski definition) is 6. The first-order chi connectivity index (χ1) is 9.61. The predicted molar refractivity (Wildman–Crippen MR) is 81.2 cm³/mol. The highest BCUT2D eigenvalue weighted by Gasteiger charge is 2.21. The molecule has 20 heavy (non-hydrogen) atoms. The molecule has 1 saturated heterocycles. The van der Waals surface area contributed by atoms with E-state index in [1.54, 1.807) is 0 Å². The first-order valence-corrected chi connectivity index (χ1v) is 7.36. The molecule has 1 aliphatic rings. The standard InChI is InChI=1S/C14H25N5O/c1-4-5-18-6-8-19(9-7-18)13-12(15)14(17-10-16-13)20-11(2)3/h10-11H,4-9,15H2,1-3H3. The average molecular weight is 279 g/mol. The third-order valence-corrected chi connectivity index (χ3v) is 3.39. The molecule has 0 aromatic carbocycles. The van der Waals surface area contributed by atoms with Crippen molar-refractivity contribution < 1.29 is 4.74 Å². The Morgan fingerprint density at radius 3 is 2.55 bits per heavy atom. The van der Waals surface area contributed by atoms with Crippen molar-refractivity contribution >= 4 is 11.5 Å². The first kappa shape index (κ1) is 14.8. The van der Waals surface area contributed by atoms with Crippen molar-refractivity contribution in [3.05, 3.63) is 6.33 Å². The molecular weight excluding hydrogens is 254 g/mol. The molecule has 2 heterocycles. The highest BCUT2D eigenvalue weighted by Crippen LogP contribution is 2.29. The Labute approximate surface area is 120 Å². The maximum Gasteiger partial charge on any atom is 0.242 e. The number of nitrogen functional groups attached to an aromatic ring is 1. The van der Waals surface area contributed by atoms with Gasteiger partial charge in [0.15, 0.2) is 5.82 Å². The summed E-state index contributed by atoms with van der Waals surface area (Å²) in [6.07, 6.45) is 2.78. The van der Waals surface area contributed by atoms with Crippen LogP contribution in [-0.4, -0.2) is 53.7 Å². The van der Waals surface area contributed by atoms with Crippen LogP contribution < -0.4 is 15.4 Å². The van der Waals surface area contributed by atoms with Gasteiger partial charge in [-0.25, -0.2) is 4.98 Å². The minimum atomic E-state index is 0.0569. The number of rotatable bonds is 5. The Balaban J connectivity index is 2.06. The monoisotopic (exact) mass is 279 g/mol. The fourth-order valence-corrected chi connectivity index (χ4v) is 2.44. The fourth-order valence-electron chi connectivity index (χ4n) is 2.44. The van der Waals surface area contributed by atoms with Crippen molar-refractivity contribution in [1.29, 1.82) is 0 Å². The van der Waals surface area contributed by atoms with E-state index in [2.05, 4.69) is 26.7 Å². The molecule has 0 saturated carbocycles. The summed E-state index contributed by atoms with van der Waals surface area (Å²) in [5, 5.41) is 0. The van der Waals surface area contributed by atoms with Crippen LogP contribution in [0.15, 0.2) is 6.33 Å². The molecule has 0 amide bonds. The van der Waals surface area contributed by atoms with E-state index in [1.165, 1.54) is 12.7 Å². The quantitative estimate of drug-likeness (QED) is 0.878. The van der Waals surface area contributed by atoms with E-state index in [-0.39, 0.29) is 6.10 Å². The normalized spacial score (nSPS) is 16.7. The molecule has 0 atom stereocenters. The Hall–Kier alpha value is -1.56. The molecule has 0 unspecified atom stereocenters. The van der Waals surface area contributed by atoms with Crippen LogP contribution >= 0.6 is 0 Å². The minimum Gasteiger partial charge on any atom is -0.473 e. The number of aromatic nitrogens is 2. The number of piperazine rings is 1. The minimum absolute atomic E-state index is 0.0569. The molecule has 6 heteroatoms. The maximum absolute atomic E-state index is 6.15. The molecule has 2 rings (SSSR count). The van der Waals surface area contributed by atoms with E-state index in [1.807, 2.05) is 13.8 Å². The molecule has 2 N–H and O–H groups in total. The van der Waals surface area contributed by atoms with Gasteiger partial charge in [0.2, 0.25) is 5.88 Å². The van der Waals surface area contributed by atoms with Crippen LogP contribution in [0.25, 0.3) is 0 Å². The van der Waals surface area contributed by atoms with Gasteiger partial charge in [0.05, 0.1) is 6.10 Å². The number of anilines is 2. The van der Waals surface area contributed by atoms with Gasteiger partial charge in [0.25, 0.3) is 0 Å². The summed E-state index contributed by atoms with van der Waals surface area (Å²) in [5.41, 5.74) is 6.70. The van der Waals surface area contributed by atoms with Gasteiger partial charge in [-0.05, 0) is 26.8 Å². The Kier molecular flexibility index (Phi) is 5.00. The lowest BCUT2D eigenvalue weighted by Gasteiger charge is -2.35. The van der Waals surface area contributed by atoms with Gasteiger partial charge in [-0.15, -0.1) is 0 Å². The molecular formula is C14H25N5O. The average Bonchev–Trinajstić information content (AvgIpc) is 2.42. The van der Waals surface area contributed by atoms with Gasteiger partial charge < -0.3 is 15.4 Å². The molecule has 0 spiro atoms. The largest absolute Gasteiger partial charge is 0.473 e. The summed E-state index contributed by atoms with van der Waals surface area (Å²) in [7, 11) is 0. The second kappa shape index (κ2) is 6.74. The van der Waals surface area contributed by atoms with Gasteiger partial charge in [0, 0.05) is 26.2 Å². The number of nitrogens with two attached hydrogens (primary N) is 1. The molecule has 1 fully saturated rings. The highest BCUT2D eigenvalue weighted by molar-refractivity contribution is 5.67. The van der Waals surface area contributed by atoms with Crippen LogP contribution in [0.1, 0.15) is 27.2 Å². The van der Waals surface area contributed by atoms with Gasteiger partial charge in [-0.2, -0.15) is 4.98 Å². The summed E-state index contributed by atoms with van der Waals surface area (Å²) in [4.78, 5) is 13.1. The topological polar surface area (TPSA) is 67.5 Å². The van der Waals surface area contributed by atoms with Crippen LogP contribution in [0.5, 0.6) is 5.88 Å². The van der Waals surface area contributed by atoms with E-state index >= 15 is 0 Å². The molecule has 0 aliphatic carbocycles. The van der Waals surface area contributed by atoms with E-state index in [0.29, 0.717) is 11.6 Å². The lowest BCUT2D eigenvalue weighted by molar-refractivity contribution is 0.233. The van der Waals surface area contributed by atoms with Crippen molar-refractivity contribution in [2.75, 3.05) is 43.4 Å². The van der Waals surface area contributed by atoms with Crippen molar-refractivity contribution in [1.82, 2.24) is 14.9 Å². The third kappa shape index (κ3) is 3.50. The van der Waals surface area contributed by atoms with Crippen molar-refractivity contribution in [3.63, 3.8) is 0 Å².